The van der Waals surface area contributed by atoms with Crippen LogP contribution in [-0.2, 0) is 4.74 Å². The van der Waals surface area contributed by atoms with Crippen LogP contribution in [-0.4, -0.2) is 55.7 Å². The van der Waals surface area contributed by atoms with Crippen molar-refractivity contribution in [2.24, 2.45) is 0 Å². The predicted octanol–water partition coefficient (Wildman–Crippen LogP) is 1.69. The molecule has 0 radical (unpaired) electrons. The SMILES string of the molecule is Cc1cc(F)c(C#N)cc1C1CN2CCN(C)CC2CO1. The number of likely N-dealkylation sites (N-methyl/N-ethyl adjacent to an activating group) is 1. The molecule has 2 aliphatic heterocycles. The Hall–Kier alpha value is -1.48. The number of hydrogen-bond donors (Lipinski definition) is 0. The molecular formula is C16H20FN3O. The molecule has 4 nitrogen and oxygen atoms in total. The van der Waals surface area contributed by atoms with E-state index >= 15 is 0 Å². The fourth-order valence-corrected chi connectivity index (χ4v) is 3.25. The third kappa shape index (κ3) is 2.80. The third-order valence-electron chi connectivity index (χ3n) is 4.52. The summed E-state index contributed by atoms with van der Waals surface area (Å²) in [5.41, 5.74) is 1.88. The molecule has 2 fully saturated rings. The van der Waals surface area contributed by atoms with E-state index in [4.69, 9.17) is 10.00 Å². The molecule has 112 valence electrons. The van der Waals surface area contributed by atoms with Crippen LogP contribution in [0.15, 0.2) is 12.1 Å². The van der Waals surface area contributed by atoms with Crippen LogP contribution in [0.1, 0.15) is 22.8 Å². The number of fused-ring (bicyclic) bond motifs is 1. The van der Waals surface area contributed by atoms with Crippen molar-refractivity contribution in [1.29, 1.82) is 5.26 Å². The van der Waals surface area contributed by atoms with Gasteiger partial charge in [0.2, 0.25) is 0 Å². The van der Waals surface area contributed by atoms with Gasteiger partial charge in [0.25, 0.3) is 0 Å². The first-order chi connectivity index (χ1) is 10.1. The zero-order chi connectivity index (χ0) is 15.0. The predicted molar refractivity (Wildman–Crippen MR) is 77.4 cm³/mol. The maximum atomic E-state index is 13.6. The molecule has 0 saturated carbocycles. The van der Waals surface area contributed by atoms with Gasteiger partial charge in [-0.15, -0.1) is 0 Å². The molecular weight excluding hydrogens is 269 g/mol. The average molecular weight is 289 g/mol. The fraction of sp³-hybridized carbons (Fsp3) is 0.562. The van der Waals surface area contributed by atoms with Crippen LogP contribution in [0.3, 0.4) is 0 Å². The van der Waals surface area contributed by atoms with Gasteiger partial charge in [0, 0.05) is 32.2 Å². The van der Waals surface area contributed by atoms with E-state index in [-0.39, 0.29) is 11.7 Å². The second-order valence-corrected chi connectivity index (χ2v) is 6.03. The maximum absolute atomic E-state index is 13.6. The van der Waals surface area contributed by atoms with Crippen LogP contribution >= 0.6 is 0 Å². The van der Waals surface area contributed by atoms with E-state index in [9.17, 15) is 4.39 Å². The van der Waals surface area contributed by atoms with Gasteiger partial charge in [-0.25, -0.2) is 4.39 Å². The van der Waals surface area contributed by atoms with Gasteiger partial charge < -0.3 is 9.64 Å². The highest BCUT2D eigenvalue weighted by Gasteiger charge is 2.33. The summed E-state index contributed by atoms with van der Waals surface area (Å²) >= 11 is 0. The summed E-state index contributed by atoms with van der Waals surface area (Å²) in [4.78, 5) is 4.77. The van der Waals surface area contributed by atoms with Crippen LogP contribution in [0.25, 0.3) is 0 Å². The lowest BCUT2D eigenvalue weighted by Gasteiger charge is -2.45. The lowest BCUT2D eigenvalue weighted by atomic mass is 9.97. The van der Waals surface area contributed by atoms with E-state index in [0.29, 0.717) is 12.6 Å². The van der Waals surface area contributed by atoms with E-state index in [1.165, 1.54) is 6.07 Å². The minimum absolute atomic E-state index is 0.0719. The first-order valence-corrected chi connectivity index (χ1v) is 7.33. The first-order valence-electron chi connectivity index (χ1n) is 7.33. The normalized spacial score (nSPS) is 27.1. The summed E-state index contributed by atoms with van der Waals surface area (Å²) in [5.74, 6) is -0.452. The number of ether oxygens (including phenoxy) is 1. The molecule has 2 heterocycles. The Balaban J connectivity index is 1.81. The highest BCUT2D eigenvalue weighted by molar-refractivity contribution is 5.40. The Morgan fingerprint density at radius 1 is 1.33 bits per heavy atom. The number of rotatable bonds is 1. The first kappa shape index (κ1) is 14.5. The monoisotopic (exact) mass is 289 g/mol. The van der Waals surface area contributed by atoms with Gasteiger partial charge in [-0.2, -0.15) is 5.26 Å². The number of benzene rings is 1. The van der Waals surface area contributed by atoms with E-state index in [1.54, 1.807) is 6.07 Å². The number of piperazine rings is 1. The van der Waals surface area contributed by atoms with Crippen molar-refractivity contribution in [1.82, 2.24) is 9.80 Å². The van der Waals surface area contributed by atoms with Crippen molar-refractivity contribution in [2.45, 2.75) is 19.1 Å². The molecule has 2 aliphatic rings. The minimum atomic E-state index is -0.452. The molecule has 1 aromatic rings. The minimum Gasteiger partial charge on any atom is -0.370 e. The van der Waals surface area contributed by atoms with E-state index < -0.39 is 5.82 Å². The summed E-state index contributed by atoms with van der Waals surface area (Å²) in [6.45, 7) is 6.50. The molecule has 0 N–H and O–H groups in total. The summed E-state index contributed by atoms with van der Waals surface area (Å²) in [5, 5.41) is 9.00. The summed E-state index contributed by atoms with van der Waals surface area (Å²) in [6.07, 6.45) is -0.0719. The Morgan fingerprint density at radius 2 is 2.14 bits per heavy atom. The smallest absolute Gasteiger partial charge is 0.141 e. The van der Waals surface area contributed by atoms with Crippen molar-refractivity contribution in [3.05, 3.63) is 34.6 Å². The van der Waals surface area contributed by atoms with Gasteiger partial charge in [0.05, 0.1) is 18.3 Å². The van der Waals surface area contributed by atoms with Gasteiger partial charge in [0.1, 0.15) is 11.9 Å². The zero-order valence-corrected chi connectivity index (χ0v) is 12.5. The molecule has 0 amide bonds. The number of nitrogens with zero attached hydrogens (tertiary/aromatic N) is 3. The van der Waals surface area contributed by atoms with Gasteiger partial charge in [-0.1, -0.05) is 0 Å². The molecule has 2 unspecified atom stereocenters. The lowest BCUT2D eigenvalue weighted by molar-refractivity contribution is -0.0874. The molecule has 1 aromatic carbocycles. The Morgan fingerprint density at radius 3 is 2.90 bits per heavy atom. The van der Waals surface area contributed by atoms with Crippen LogP contribution in [0, 0.1) is 24.1 Å². The summed E-state index contributed by atoms with van der Waals surface area (Å²) in [7, 11) is 2.13. The maximum Gasteiger partial charge on any atom is 0.141 e. The summed E-state index contributed by atoms with van der Waals surface area (Å²) < 4.78 is 19.6. The molecule has 2 saturated heterocycles. The van der Waals surface area contributed by atoms with Gasteiger partial charge in [-0.3, -0.25) is 4.90 Å². The fourth-order valence-electron chi connectivity index (χ4n) is 3.25. The topological polar surface area (TPSA) is 39.5 Å². The molecule has 0 spiro atoms. The standard InChI is InChI=1S/C16H20FN3O/c1-11-5-15(17)12(7-18)6-14(11)16-9-20-4-3-19(2)8-13(20)10-21-16/h5-6,13,16H,3-4,8-10H2,1-2H3. The Labute approximate surface area is 124 Å². The molecule has 2 atom stereocenters. The molecule has 0 bridgehead atoms. The quantitative estimate of drug-likeness (QED) is 0.789. The van der Waals surface area contributed by atoms with E-state index in [2.05, 4.69) is 16.8 Å². The van der Waals surface area contributed by atoms with Crippen LogP contribution < -0.4 is 0 Å². The summed E-state index contributed by atoms with van der Waals surface area (Å²) in [6, 6.07) is 5.44. The highest BCUT2D eigenvalue weighted by atomic mass is 19.1. The molecule has 21 heavy (non-hydrogen) atoms. The average Bonchev–Trinajstić information content (AvgIpc) is 2.47. The Kier molecular flexibility index (Phi) is 3.94. The molecule has 0 aliphatic carbocycles. The van der Waals surface area contributed by atoms with Crippen molar-refractivity contribution < 1.29 is 9.13 Å². The van der Waals surface area contributed by atoms with Gasteiger partial charge in [0.15, 0.2) is 0 Å². The van der Waals surface area contributed by atoms with Crippen molar-refractivity contribution >= 4 is 0 Å². The lowest BCUT2D eigenvalue weighted by Crippen LogP contribution is -2.57. The largest absolute Gasteiger partial charge is 0.370 e. The van der Waals surface area contributed by atoms with Crippen molar-refractivity contribution in [2.75, 3.05) is 39.8 Å². The van der Waals surface area contributed by atoms with Crippen LogP contribution in [0.2, 0.25) is 0 Å². The second-order valence-electron chi connectivity index (χ2n) is 6.03. The Bertz CT molecular complexity index is 584. The molecule has 5 heteroatoms. The number of hydrogen-bond acceptors (Lipinski definition) is 4. The van der Waals surface area contributed by atoms with Crippen LogP contribution in [0.5, 0.6) is 0 Å². The van der Waals surface area contributed by atoms with E-state index in [0.717, 1.165) is 37.3 Å². The van der Waals surface area contributed by atoms with Gasteiger partial charge >= 0.3 is 0 Å². The van der Waals surface area contributed by atoms with Crippen molar-refractivity contribution in [3.8, 4) is 6.07 Å². The number of aryl methyl sites for hydroxylation is 1. The number of morpholine rings is 1. The van der Waals surface area contributed by atoms with Crippen molar-refractivity contribution in [3.63, 3.8) is 0 Å². The molecule has 0 aromatic heterocycles. The van der Waals surface area contributed by atoms with Gasteiger partial charge in [-0.05, 0) is 37.2 Å². The molecule has 3 rings (SSSR count). The highest BCUT2D eigenvalue weighted by Crippen LogP contribution is 2.30. The second kappa shape index (κ2) is 5.72. The number of halogens is 1. The van der Waals surface area contributed by atoms with Crippen LogP contribution in [0.4, 0.5) is 4.39 Å². The number of nitriles is 1. The zero-order valence-electron chi connectivity index (χ0n) is 12.5. The third-order valence-corrected chi connectivity index (χ3v) is 4.52. The van der Waals surface area contributed by atoms with E-state index in [1.807, 2.05) is 13.0 Å².